The van der Waals surface area contributed by atoms with Crippen LogP contribution in [-0.4, -0.2) is 10.4 Å². The molecule has 0 amide bonds. The monoisotopic (exact) mass is 192 g/mol. The molecular weight excluding hydrogens is 184 g/mol. The summed E-state index contributed by atoms with van der Waals surface area (Å²) in [5, 5.41) is 7.99. The molecule has 66 valence electrons. The standard InChI is InChI=1S/C9H8N2OS/c1-2-4-8(5-3-1)7-13-9-6-12-11-10-9/h1-6H,7H2. The van der Waals surface area contributed by atoms with Crippen molar-refractivity contribution in [2.45, 2.75) is 10.8 Å². The topological polar surface area (TPSA) is 38.9 Å². The zero-order valence-corrected chi connectivity index (χ0v) is 7.70. The van der Waals surface area contributed by atoms with E-state index in [4.69, 9.17) is 0 Å². The number of hydrogen-bond donors (Lipinski definition) is 0. The Labute approximate surface area is 80.1 Å². The second kappa shape index (κ2) is 4.09. The molecule has 1 aromatic carbocycles. The third-order valence-electron chi connectivity index (χ3n) is 1.57. The molecule has 0 fully saturated rings. The summed E-state index contributed by atoms with van der Waals surface area (Å²) in [6.45, 7) is 0. The zero-order chi connectivity index (χ0) is 8.93. The predicted octanol–water partition coefficient (Wildman–Crippen LogP) is 2.36. The minimum Gasteiger partial charge on any atom is -0.344 e. The highest BCUT2D eigenvalue weighted by molar-refractivity contribution is 7.98. The van der Waals surface area contributed by atoms with Crippen LogP contribution >= 0.6 is 11.8 Å². The molecule has 0 bridgehead atoms. The number of nitrogens with zero attached hydrogens (tertiary/aromatic N) is 2. The van der Waals surface area contributed by atoms with Gasteiger partial charge >= 0.3 is 0 Å². The van der Waals surface area contributed by atoms with Crippen molar-refractivity contribution in [3.8, 4) is 0 Å². The Morgan fingerprint density at radius 3 is 2.77 bits per heavy atom. The van der Waals surface area contributed by atoms with Crippen molar-refractivity contribution < 1.29 is 4.52 Å². The van der Waals surface area contributed by atoms with E-state index < -0.39 is 0 Å². The van der Waals surface area contributed by atoms with Gasteiger partial charge in [0.1, 0.15) is 0 Å². The maximum Gasteiger partial charge on any atom is 0.160 e. The van der Waals surface area contributed by atoms with Crippen LogP contribution in [0.2, 0.25) is 0 Å². The van der Waals surface area contributed by atoms with Crippen LogP contribution in [-0.2, 0) is 5.75 Å². The number of benzene rings is 1. The minimum absolute atomic E-state index is 0.823. The van der Waals surface area contributed by atoms with E-state index in [2.05, 4.69) is 27.0 Å². The molecule has 1 heterocycles. The molecule has 2 aromatic rings. The first-order valence-corrected chi connectivity index (χ1v) is 4.87. The average molecular weight is 192 g/mol. The van der Waals surface area contributed by atoms with E-state index in [0.717, 1.165) is 10.8 Å². The summed E-state index contributed by atoms with van der Waals surface area (Å²) in [5.41, 5.74) is 1.27. The lowest BCUT2D eigenvalue weighted by atomic mass is 10.2. The van der Waals surface area contributed by atoms with E-state index in [9.17, 15) is 0 Å². The lowest BCUT2D eigenvalue weighted by Gasteiger charge is -1.96. The van der Waals surface area contributed by atoms with Gasteiger partial charge in [-0.3, -0.25) is 0 Å². The Hall–Kier alpha value is -1.29. The van der Waals surface area contributed by atoms with Crippen LogP contribution in [0, 0.1) is 0 Å². The number of thioether (sulfide) groups is 1. The van der Waals surface area contributed by atoms with Crippen LogP contribution in [0.3, 0.4) is 0 Å². The molecule has 0 radical (unpaired) electrons. The number of rotatable bonds is 3. The van der Waals surface area contributed by atoms with Gasteiger partial charge < -0.3 is 4.52 Å². The largest absolute Gasteiger partial charge is 0.344 e. The van der Waals surface area contributed by atoms with Gasteiger partial charge in [-0.05, 0) is 5.56 Å². The van der Waals surface area contributed by atoms with Gasteiger partial charge in [-0.1, -0.05) is 42.1 Å². The molecular formula is C9H8N2OS. The van der Waals surface area contributed by atoms with E-state index in [-0.39, 0.29) is 0 Å². The molecule has 13 heavy (non-hydrogen) atoms. The molecule has 0 atom stereocenters. The Morgan fingerprint density at radius 2 is 2.08 bits per heavy atom. The van der Waals surface area contributed by atoms with E-state index in [1.54, 1.807) is 18.0 Å². The lowest BCUT2D eigenvalue weighted by molar-refractivity contribution is 0.392. The molecule has 4 heteroatoms. The van der Waals surface area contributed by atoms with Crippen molar-refractivity contribution in [3.05, 3.63) is 42.2 Å². The highest BCUT2D eigenvalue weighted by Gasteiger charge is 1.98. The molecule has 0 spiro atoms. The van der Waals surface area contributed by atoms with Crippen LogP contribution in [0.4, 0.5) is 0 Å². The first-order chi connectivity index (χ1) is 6.45. The highest BCUT2D eigenvalue weighted by Crippen LogP contribution is 2.19. The molecule has 0 aliphatic rings. The Kier molecular flexibility index (Phi) is 2.62. The van der Waals surface area contributed by atoms with Crippen LogP contribution in [0.15, 0.2) is 46.1 Å². The lowest BCUT2D eigenvalue weighted by Crippen LogP contribution is -1.78. The summed E-state index contributed by atoms with van der Waals surface area (Å²) in [4.78, 5) is 0. The van der Waals surface area contributed by atoms with Crippen molar-refractivity contribution in [1.29, 1.82) is 0 Å². The van der Waals surface area contributed by atoms with Crippen molar-refractivity contribution in [2.75, 3.05) is 0 Å². The van der Waals surface area contributed by atoms with Crippen LogP contribution in [0.1, 0.15) is 5.56 Å². The SMILES string of the molecule is c1ccc(CSc2conn2)cc1. The molecule has 0 aliphatic carbocycles. The van der Waals surface area contributed by atoms with Gasteiger partial charge in [0.25, 0.3) is 0 Å². The summed E-state index contributed by atoms with van der Waals surface area (Å²) in [6, 6.07) is 10.2. The van der Waals surface area contributed by atoms with Gasteiger partial charge in [0.05, 0.1) is 0 Å². The first kappa shape index (κ1) is 8.31. The molecule has 0 saturated heterocycles. The highest BCUT2D eigenvalue weighted by atomic mass is 32.2. The molecule has 3 nitrogen and oxygen atoms in total. The average Bonchev–Trinajstić information content (AvgIpc) is 2.69. The number of aromatic nitrogens is 2. The van der Waals surface area contributed by atoms with Crippen molar-refractivity contribution in [3.63, 3.8) is 0 Å². The van der Waals surface area contributed by atoms with Gasteiger partial charge in [-0.15, -0.1) is 5.10 Å². The van der Waals surface area contributed by atoms with E-state index in [0.29, 0.717) is 0 Å². The molecule has 1 aromatic heterocycles. The summed E-state index contributed by atoms with van der Waals surface area (Å²) in [7, 11) is 0. The maximum absolute atomic E-state index is 4.62. The van der Waals surface area contributed by atoms with Crippen molar-refractivity contribution in [2.24, 2.45) is 0 Å². The van der Waals surface area contributed by atoms with E-state index >= 15 is 0 Å². The fourth-order valence-electron chi connectivity index (χ4n) is 0.950. The zero-order valence-electron chi connectivity index (χ0n) is 6.88. The van der Waals surface area contributed by atoms with Crippen LogP contribution < -0.4 is 0 Å². The Balaban J connectivity index is 1.94. The number of hydrogen-bond acceptors (Lipinski definition) is 4. The van der Waals surface area contributed by atoms with Gasteiger partial charge in [-0.25, -0.2) is 0 Å². The van der Waals surface area contributed by atoms with E-state index in [1.807, 2.05) is 18.2 Å². The van der Waals surface area contributed by atoms with Gasteiger partial charge in [0, 0.05) is 11.0 Å². The summed E-state index contributed by atoms with van der Waals surface area (Å²) in [6.07, 6.45) is 1.55. The quantitative estimate of drug-likeness (QED) is 0.700. The van der Waals surface area contributed by atoms with Gasteiger partial charge in [-0.2, -0.15) is 0 Å². The third-order valence-corrected chi connectivity index (χ3v) is 2.52. The normalized spacial score (nSPS) is 10.2. The smallest absolute Gasteiger partial charge is 0.160 e. The molecule has 0 N–H and O–H groups in total. The Bertz CT molecular complexity index is 347. The maximum atomic E-state index is 4.62. The van der Waals surface area contributed by atoms with Crippen LogP contribution in [0.25, 0.3) is 0 Å². The molecule has 0 aliphatic heterocycles. The Morgan fingerprint density at radius 1 is 1.23 bits per heavy atom. The second-order valence-corrected chi connectivity index (χ2v) is 3.51. The minimum atomic E-state index is 0.823. The van der Waals surface area contributed by atoms with Crippen molar-refractivity contribution >= 4 is 11.8 Å². The fraction of sp³-hybridized carbons (Fsp3) is 0.111. The first-order valence-electron chi connectivity index (χ1n) is 3.89. The predicted molar refractivity (Wildman–Crippen MR) is 50.3 cm³/mol. The molecule has 0 saturated carbocycles. The summed E-state index contributed by atoms with van der Waals surface area (Å²) < 4.78 is 4.62. The molecule has 2 rings (SSSR count). The van der Waals surface area contributed by atoms with Crippen molar-refractivity contribution in [1.82, 2.24) is 10.4 Å². The van der Waals surface area contributed by atoms with Gasteiger partial charge in [0.15, 0.2) is 11.3 Å². The fourth-order valence-corrected chi connectivity index (χ4v) is 1.66. The third kappa shape index (κ3) is 2.32. The molecule has 0 unspecified atom stereocenters. The van der Waals surface area contributed by atoms with E-state index in [1.165, 1.54) is 5.56 Å². The second-order valence-electron chi connectivity index (χ2n) is 2.52. The van der Waals surface area contributed by atoms with Gasteiger partial charge in [0.2, 0.25) is 0 Å². The van der Waals surface area contributed by atoms with Crippen LogP contribution in [0.5, 0.6) is 0 Å². The summed E-state index contributed by atoms with van der Waals surface area (Å²) in [5.74, 6) is 0.898. The summed E-state index contributed by atoms with van der Waals surface area (Å²) >= 11 is 1.61.